The van der Waals surface area contributed by atoms with Crippen molar-refractivity contribution in [2.75, 3.05) is 0 Å². The summed E-state index contributed by atoms with van der Waals surface area (Å²) in [5.74, 6) is -1.74. The second kappa shape index (κ2) is 4.49. The predicted molar refractivity (Wildman–Crippen MR) is 60.1 cm³/mol. The second-order valence-corrected chi connectivity index (χ2v) is 3.76. The van der Waals surface area contributed by atoms with Gasteiger partial charge in [0.05, 0.1) is 0 Å². The number of rotatable bonds is 2. The largest absolute Gasteiger partial charge is 0.433 e. The van der Waals surface area contributed by atoms with E-state index in [9.17, 15) is 8.78 Å². The van der Waals surface area contributed by atoms with Crippen molar-refractivity contribution in [1.82, 2.24) is 4.98 Å². The zero-order valence-corrected chi connectivity index (χ0v) is 9.50. The van der Waals surface area contributed by atoms with Crippen LogP contribution >= 0.6 is 0 Å². The van der Waals surface area contributed by atoms with Gasteiger partial charge in [0.2, 0.25) is 11.6 Å². The maximum Gasteiger partial charge on any atom is 0.219 e. The van der Waals surface area contributed by atoms with Gasteiger partial charge < -0.3 is 4.74 Å². The summed E-state index contributed by atoms with van der Waals surface area (Å²) in [5, 5.41) is 0. The Kier molecular flexibility index (Phi) is 3.04. The van der Waals surface area contributed by atoms with Crippen molar-refractivity contribution in [3.05, 3.63) is 53.2 Å². The SMILES string of the molecule is Cc1cnc(Oc2c(F)cccc2F)cc1C. The van der Waals surface area contributed by atoms with Crippen molar-refractivity contribution in [2.45, 2.75) is 13.8 Å². The summed E-state index contributed by atoms with van der Waals surface area (Å²) in [6, 6.07) is 5.20. The molecule has 17 heavy (non-hydrogen) atoms. The third-order valence-corrected chi connectivity index (χ3v) is 2.47. The van der Waals surface area contributed by atoms with Crippen LogP contribution in [0.3, 0.4) is 0 Å². The third kappa shape index (κ3) is 2.41. The fourth-order valence-corrected chi connectivity index (χ4v) is 1.34. The average molecular weight is 235 g/mol. The Morgan fingerprint density at radius 1 is 1.06 bits per heavy atom. The maximum atomic E-state index is 13.3. The summed E-state index contributed by atoms with van der Waals surface area (Å²) in [6.07, 6.45) is 1.60. The van der Waals surface area contributed by atoms with Crippen LogP contribution in [0.2, 0.25) is 0 Å². The molecule has 0 aliphatic carbocycles. The van der Waals surface area contributed by atoms with Crippen LogP contribution in [0.15, 0.2) is 30.5 Å². The molecule has 0 aliphatic rings. The Morgan fingerprint density at radius 3 is 2.29 bits per heavy atom. The molecule has 88 valence electrons. The summed E-state index contributed by atoms with van der Waals surface area (Å²) in [5.41, 5.74) is 1.94. The predicted octanol–water partition coefficient (Wildman–Crippen LogP) is 3.77. The quantitative estimate of drug-likeness (QED) is 0.790. The molecule has 0 spiro atoms. The molecule has 2 rings (SSSR count). The van der Waals surface area contributed by atoms with E-state index in [-0.39, 0.29) is 5.88 Å². The summed E-state index contributed by atoms with van der Waals surface area (Å²) in [7, 11) is 0. The van der Waals surface area contributed by atoms with Crippen LogP contribution < -0.4 is 4.74 Å². The van der Waals surface area contributed by atoms with E-state index in [1.54, 1.807) is 12.3 Å². The van der Waals surface area contributed by atoms with Crippen molar-refractivity contribution in [3.8, 4) is 11.6 Å². The van der Waals surface area contributed by atoms with Crippen LogP contribution in [0.4, 0.5) is 8.78 Å². The number of nitrogens with zero attached hydrogens (tertiary/aromatic N) is 1. The van der Waals surface area contributed by atoms with Crippen LogP contribution in [0.5, 0.6) is 11.6 Å². The third-order valence-electron chi connectivity index (χ3n) is 2.47. The maximum absolute atomic E-state index is 13.3. The zero-order valence-electron chi connectivity index (χ0n) is 9.50. The minimum atomic E-state index is -0.745. The number of hydrogen-bond acceptors (Lipinski definition) is 2. The van der Waals surface area contributed by atoms with Gasteiger partial charge in [-0.05, 0) is 37.1 Å². The fraction of sp³-hybridized carbons (Fsp3) is 0.154. The normalized spacial score (nSPS) is 10.4. The summed E-state index contributed by atoms with van der Waals surface area (Å²) >= 11 is 0. The van der Waals surface area contributed by atoms with Gasteiger partial charge in [-0.15, -0.1) is 0 Å². The molecule has 0 atom stereocenters. The molecule has 0 bridgehead atoms. The zero-order chi connectivity index (χ0) is 12.4. The van der Waals surface area contributed by atoms with Crippen molar-refractivity contribution in [1.29, 1.82) is 0 Å². The molecule has 0 amide bonds. The molecule has 0 unspecified atom stereocenters. The number of halogens is 2. The molecule has 0 N–H and O–H groups in total. The summed E-state index contributed by atoms with van der Waals surface area (Å²) < 4.78 is 31.8. The molecule has 0 fully saturated rings. The highest BCUT2D eigenvalue weighted by atomic mass is 19.1. The van der Waals surface area contributed by atoms with Crippen LogP contribution in [-0.2, 0) is 0 Å². The van der Waals surface area contributed by atoms with E-state index in [1.807, 2.05) is 13.8 Å². The minimum Gasteiger partial charge on any atom is -0.433 e. The first-order chi connectivity index (χ1) is 8.08. The Bertz CT molecular complexity index is 535. The van der Waals surface area contributed by atoms with Gasteiger partial charge in [0, 0.05) is 12.3 Å². The number of hydrogen-bond donors (Lipinski definition) is 0. The number of para-hydroxylation sites is 1. The van der Waals surface area contributed by atoms with Crippen LogP contribution in [0.1, 0.15) is 11.1 Å². The molecule has 2 aromatic rings. The Balaban J connectivity index is 2.35. The summed E-state index contributed by atoms with van der Waals surface area (Å²) in [4.78, 5) is 3.96. The average Bonchev–Trinajstić information content (AvgIpc) is 2.28. The van der Waals surface area contributed by atoms with Gasteiger partial charge in [-0.25, -0.2) is 13.8 Å². The highest BCUT2D eigenvalue weighted by Crippen LogP contribution is 2.26. The Hall–Kier alpha value is -1.97. The first-order valence-corrected chi connectivity index (χ1v) is 5.13. The fourth-order valence-electron chi connectivity index (χ4n) is 1.34. The van der Waals surface area contributed by atoms with E-state index in [4.69, 9.17) is 4.74 Å². The minimum absolute atomic E-state index is 0.178. The second-order valence-electron chi connectivity index (χ2n) is 3.76. The lowest BCUT2D eigenvalue weighted by atomic mass is 10.2. The Labute approximate surface area is 97.9 Å². The first kappa shape index (κ1) is 11.5. The van der Waals surface area contributed by atoms with Crippen LogP contribution in [-0.4, -0.2) is 4.98 Å². The van der Waals surface area contributed by atoms with Gasteiger partial charge in [0.25, 0.3) is 0 Å². The highest BCUT2D eigenvalue weighted by molar-refractivity contribution is 5.33. The number of pyridine rings is 1. The van der Waals surface area contributed by atoms with E-state index < -0.39 is 17.4 Å². The molecular formula is C13H11F2NO. The topological polar surface area (TPSA) is 22.1 Å². The van der Waals surface area contributed by atoms with E-state index >= 15 is 0 Å². The molecule has 2 nitrogen and oxygen atoms in total. The van der Waals surface area contributed by atoms with Gasteiger partial charge in [-0.3, -0.25) is 0 Å². The molecule has 0 radical (unpaired) electrons. The highest BCUT2D eigenvalue weighted by Gasteiger charge is 2.11. The van der Waals surface area contributed by atoms with Gasteiger partial charge in [-0.2, -0.15) is 0 Å². The van der Waals surface area contributed by atoms with E-state index in [0.717, 1.165) is 23.3 Å². The standard InChI is InChI=1S/C13H11F2NO/c1-8-6-12(16-7-9(8)2)17-13-10(14)4-3-5-11(13)15/h3-7H,1-2H3. The lowest BCUT2D eigenvalue weighted by molar-refractivity contribution is 0.395. The van der Waals surface area contributed by atoms with Crippen LogP contribution in [0, 0.1) is 25.5 Å². The molecule has 0 aliphatic heterocycles. The lowest BCUT2D eigenvalue weighted by Gasteiger charge is -2.08. The van der Waals surface area contributed by atoms with E-state index in [0.29, 0.717) is 0 Å². The summed E-state index contributed by atoms with van der Waals surface area (Å²) in [6.45, 7) is 3.78. The van der Waals surface area contributed by atoms with Crippen molar-refractivity contribution in [2.24, 2.45) is 0 Å². The Morgan fingerprint density at radius 2 is 1.71 bits per heavy atom. The number of ether oxygens (including phenoxy) is 1. The molecule has 1 aromatic heterocycles. The molecular weight excluding hydrogens is 224 g/mol. The number of aryl methyl sites for hydroxylation is 2. The van der Waals surface area contributed by atoms with Crippen molar-refractivity contribution in [3.63, 3.8) is 0 Å². The number of aromatic nitrogens is 1. The molecule has 1 aromatic carbocycles. The van der Waals surface area contributed by atoms with Crippen molar-refractivity contribution >= 4 is 0 Å². The van der Waals surface area contributed by atoms with Crippen LogP contribution in [0.25, 0.3) is 0 Å². The van der Waals surface area contributed by atoms with Gasteiger partial charge in [0.15, 0.2) is 11.6 Å². The molecule has 0 saturated heterocycles. The van der Waals surface area contributed by atoms with Gasteiger partial charge in [-0.1, -0.05) is 6.07 Å². The van der Waals surface area contributed by atoms with Gasteiger partial charge >= 0.3 is 0 Å². The molecule has 1 heterocycles. The number of benzene rings is 1. The van der Waals surface area contributed by atoms with E-state index in [2.05, 4.69) is 4.98 Å². The van der Waals surface area contributed by atoms with Crippen molar-refractivity contribution < 1.29 is 13.5 Å². The smallest absolute Gasteiger partial charge is 0.219 e. The molecule has 4 heteroatoms. The monoisotopic (exact) mass is 235 g/mol. The van der Waals surface area contributed by atoms with Gasteiger partial charge in [0.1, 0.15) is 0 Å². The van der Waals surface area contributed by atoms with E-state index in [1.165, 1.54) is 6.07 Å². The lowest BCUT2D eigenvalue weighted by Crippen LogP contribution is -1.95. The first-order valence-electron chi connectivity index (χ1n) is 5.13. The molecule has 0 saturated carbocycles.